The average molecular weight is 357 g/mol. The maximum atomic E-state index is 12.6. The van der Waals surface area contributed by atoms with Gasteiger partial charge in [0.1, 0.15) is 5.70 Å². The molecular formula is C20H21ClN2O2. The quantitative estimate of drug-likeness (QED) is 0.813. The molecule has 5 heteroatoms. The summed E-state index contributed by atoms with van der Waals surface area (Å²) in [5, 5.41) is 6.16. The number of halogens is 1. The van der Waals surface area contributed by atoms with Gasteiger partial charge in [-0.05, 0) is 56.7 Å². The molecule has 0 spiro atoms. The molecule has 0 bridgehead atoms. The van der Waals surface area contributed by atoms with Crippen LogP contribution in [-0.2, 0) is 4.79 Å². The Morgan fingerprint density at radius 2 is 1.56 bits per heavy atom. The van der Waals surface area contributed by atoms with Crippen molar-refractivity contribution in [3.63, 3.8) is 0 Å². The van der Waals surface area contributed by atoms with E-state index in [2.05, 4.69) is 10.6 Å². The van der Waals surface area contributed by atoms with Crippen molar-refractivity contribution in [2.45, 2.75) is 26.3 Å². The van der Waals surface area contributed by atoms with Crippen molar-refractivity contribution in [2.24, 2.45) is 0 Å². The average Bonchev–Trinajstić information content (AvgIpc) is 2.55. The number of benzene rings is 2. The van der Waals surface area contributed by atoms with E-state index in [9.17, 15) is 9.59 Å². The number of carbonyl (C=O) groups excluding carboxylic acids is 2. The first-order chi connectivity index (χ1) is 11.7. The van der Waals surface area contributed by atoms with Gasteiger partial charge >= 0.3 is 0 Å². The Labute approximate surface area is 152 Å². The zero-order chi connectivity index (χ0) is 18.4. The largest absolute Gasteiger partial charge is 0.346 e. The SMILES string of the molecule is CC(C)(C)NC(=O)/C(=C\c1ccc(Cl)cc1)NC(=O)c1ccccc1. The molecule has 130 valence electrons. The lowest BCUT2D eigenvalue weighted by Crippen LogP contribution is -2.44. The summed E-state index contributed by atoms with van der Waals surface area (Å²) in [6.07, 6.45) is 1.62. The Hall–Kier alpha value is -2.59. The Bertz CT molecular complexity index is 776. The highest BCUT2D eigenvalue weighted by molar-refractivity contribution is 6.30. The summed E-state index contributed by atoms with van der Waals surface area (Å²) in [5.74, 6) is -0.698. The van der Waals surface area contributed by atoms with Gasteiger partial charge < -0.3 is 10.6 Å². The van der Waals surface area contributed by atoms with Gasteiger partial charge in [0.15, 0.2) is 0 Å². The van der Waals surface area contributed by atoms with Crippen molar-refractivity contribution in [1.29, 1.82) is 0 Å². The van der Waals surface area contributed by atoms with Crippen molar-refractivity contribution in [3.8, 4) is 0 Å². The molecule has 2 aromatic carbocycles. The van der Waals surface area contributed by atoms with Crippen LogP contribution in [0.25, 0.3) is 6.08 Å². The summed E-state index contributed by atoms with van der Waals surface area (Å²) in [4.78, 5) is 25.0. The summed E-state index contributed by atoms with van der Waals surface area (Å²) < 4.78 is 0. The van der Waals surface area contributed by atoms with Gasteiger partial charge in [-0.3, -0.25) is 9.59 Å². The van der Waals surface area contributed by atoms with Crippen molar-refractivity contribution < 1.29 is 9.59 Å². The van der Waals surface area contributed by atoms with Crippen LogP contribution in [-0.4, -0.2) is 17.4 Å². The van der Waals surface area contributed by atoms with E-state index in [-0.39, 0.29) is 17.5 Å². The minimum Gasteiger partial charge on any atom is -0.346 e. The fourth-order valence-electron chi connectivity index (χ4n) is 2.08. The first-order valence-electron chi connectivity index (χ1n) is 7.91. The number of carbonyl (C=O) groups is 2. The first kappa shape index (κ1) is 18.7. The summed E-state index contributed by atoms with van der Waals surface area (Å²) in [7, 11) is 0. The smallest absolute Gasteiger partial charge is 0.268 e. The number of nitrogens with one attached hydrogen (secondary N) is 2. The fourth-order valence-corrected chi connectivity index (χ4v) is 2.20. The zero-order valence-electron chi connectivity index (χ0n) is 14.5. The molecule has 0 aromatic heterocycles. The molecule has 25 heavy (non-hydrogen) atoms. The van der Waals surface area contributed by atoms with E-state index in [1.165, 1.54) is 0 Å². The molecule has 0 aliphatic rings. The van der Waals surface area contributed by atoms with E-state index in [4.69, 9.17) is 11.6 Å². The van der Waals surface area contributed by atoms with Crippen LogP contribution in [0.15, 0.2) is 60.3 Å². The van der Waals surface area contributed by atoms with E-state index >= 15 is 0 Å². The molecular weight excluding hydrogens is 336 g/mol. The second-order valence-electron chi connectivity index (χ2n) is 6.63. The molecule has 2 rings (SSSR count). The van der Waals surface area contributed by atoms with E-state index in [0.717, 1.165) is 5.56 Å². The van der Waals surface area contributed by atoms with Crippen LogP contribution in [0, 0.1) is 0 Å². The maximum Gasteiger partial charge on any atom is 0.268 e. The van der Waals surface area contributed by atoms with Crippen LogP contribution in [0.5, 0.6) is 0 Å². The molecule has 0 fully saturated rings. The van der Waals surface area contributed by atoms with Crippen LogP contribution < -0.4 is 10.6 Å². The van der Waals surface area contributed by atoms with Crippen LogP contribution >= 0.6 is 11.6 Å². The molecule has 0 unspecified atom stereocenters. The lowest BCUT2D eigenvalue weighted by molar-refractivity contribution is -0.119. The number of amides is 2. The molecule has 0 saturated heterocycles. The Balaban J connectivity index is 2.30. The van der Waals surface area contributed by atoms with Crippen LogP contribution in [0.3, 0.4) is 0 Å². The minimum atomic E-state index is -0.423. The molecule has 2 N–H and O–H groups in total. The Morgan fingerprint density at radius 1 is 0.960 bits per heavy atom. The standard InChI is InChI=1S/C20H21ClN2O2/c1-20(2,3)23-19(25)17(13-14-9-11-16(21)12-10-14)22-18(24)15-7-5-4-6-8-15/h4-13H,1-3H3,(H,22,24)(H,23,25)/b17-13+. The predicted molar refractivity (Wildman–Crippen MR) is 101 cm³/mol. The summed E-state index contributed by atoms with van der Waals surface area (Å²) >= 11 is 5.89. The fraction of sp³-hybridized carbons (Fsp3) is 0.200. The van der Waals surface area contributed by atoms with Gasteiger partial charge in [0.05, 0.1) is 0 Å². The topological polar surface area (TPSA) is 58.2 Å². The lowest BCUT2D eigenvalue weighted by atomic mass is 10.1. The van der Waals surface area contributed by atoms with Gasteiger partial charge in [-0.25, -0.2) is 0 Å². The van der Waals surface area contributed by atoms with Crippen molar-refractivity contribution in [2.75, 3.05) is 0 Å². The van der Waals surface area contributed by atoms with Gasteiger partial charge in [-0.1, -0.05) is 41.9 Å². The predicted octanol–water partition coefficient (Wildman–Crippen LogP) is 4.03. The van der Waals surface area contributed by atoms with Crippen molar-refractivity contribution >= 4 is 29.5 Å². The normalized spacial score (nSPS) is 11.8. The van der Waals surface area contributed by atoms with Crippen LogP contribution in [0.2, 0.25) is 5.02 Å². The molecule has 0 aliphatic heterocycles. The third kappa shape index (κ3) is 6.08. The van der Waals surface area contributed by atoms with Crippen LogP contribution in [0.4, 0.5) is 0 Å². The van der Waals surface area contributed by atoms with Gasteiger partial charge in [-0.15, -0.1) is 0 Å². The third-order valence-corrected chi connectivity index (χ3v) is 3.45. The Morgan fingerprint density at radius 3 is 2.12 bits per heavy atom. The molecule has 0 radical (unpaired) electrons. The minimum absolute atomic E-state index is 0.172. The third-order valence-electron chi connectivity index (χ3n) is 3.20. The van der Waals surface area contributed by atoms with Gasteiger partial charge in [0.25, 0.3) is 11.8 Å². The Kier molecular flexibility index (Phi) is 5.99. The molecule has 0 heterocycles. The second-order valence-corrected chi connectivity index (χ2v) is 7.07. The second kappa shape index (κ2) is 7.99. The zero-order valence-corrected chi connectivity index (χ0v) is 15.2. The van der Waals surface area contributed by atoms with Gasteiger partial charge in [-0.2, -0.15) is 0 Å². The highest BCUT2D eigenvalue weighted by Gasteiger charge is 2.19. The number of hydrogen-bond donors (Lipinski definition) is 2. The summed E-state index contributed by atoms with van der Waals surface area (Å²) in [6, 6.07) is 15.8. The number of hydrogen-bond acceptors (Lipinski definition) is 2. The highest BCUT2D eigenvalue weighted by Crippen LogP contribution is 2.13. The van der Waals surface area contributed by atoms with Crippen LogP contribution in [0.1, 0.15) is 36.7 Å². The van der Waals surface area contributed by atoms with Crippen molar-refractivity contribution in [3.05, 3.63) is 76.4 Å². The van der Waals surface area contributed by atoms with Gasteiger partial charge in [0, 0.05) is 16.1 Å². The maximum absolute atomic E-state index is 12.6. The van der Waals surface area contributed by atoms with E-state index < -0.39 is 5.54 Å². The molecule has 2 amide bonds. The highest BCUT2D eigenvalue weighted by atomic mass is 35.5. The van der Waals surface area contributed by atoms with E-state index in [1.54, 1.807) is 54.6 Å². The van der Waals surface area contributed by atoms with E-state index in [1.807, 2.05) is 26.8 Å². The molecule has 2 aromatic rings. The molecule has 0 saturated carbocycles. The molecule has 0 atom stereocenters. The summed E-state index contributed by atoms with van der Waals surface area (Å²) in [5.41, 5.74) is 0.990. The summed E-state index contributed by atoms with van der Waals surface area (Å²) in [6.45, 7) is 5.64. The van der Waals surface area contributed by atoms with E-state index in [0.29, 0.717) is 10.6 Å². The number of rotatable bonds is 4. The van der Waals surface area contributed by atoms with Gasteiger partial charge in [0.2, 0.25) is 0 Å². The first-order valence-corrected chi connectivity index (χ1v) is 8.28. The van der Waals surface area contributed by atoms with Crippen molar-refractivity contribution in [1.82, 2.24) is 10.6 Å². The lowest BCUT2D eigenvalue weighted by Gasteiger charge is -2.22. The monoisotopic (exact) mass is 356 g/mol. The molecule has 0 aliphatic carbocycles. The molecule has 4 nitrogen and oxygen atoms in total.